The Morgan fingerprint density at radius 1 is 0.444 bits per heavy atom. The van der Waals surface area contributed by atoms with Gasteiger partial charge in [0.15, 0.2) is 0 Å². The Labute approximate surface area is 475 Å². The van der Waals surface area contributed by atoms with Crippen LogP contribution in [0.3, 0.4) is 0 Å². The number of hydrogen-bond donors (Lipinski definition) is 0. The van der Waals surface area contributed by atoms with Crippen LogP contribution in [-0.2, 0) is 25.7 Å². The third-order valence-electron chi connectivity index (χ3n) is 17.8. The lowest BCUT2D eigenvalue weighted by Crippen LogP contribution is -2.20. The zero-order chi connectivity index (χ0) is 54.0. The molecule has 4 aliphatic rings. The van der Waals surface area contributed by atoms with Crippen LogP contribution < -0.4 is 9.80 Å². The van der Waals surface area contributed by atoms with Crippen molar-refractivity contribution < 1.29 is 0 Å². The van der Waals surface area contributed by atoms with E-state index in [-0.39, 0.29) is 0 Å². The maximum Gasteiger partial charge on any atom is 0.0546 e. The highest BCUT2D eigenvalue weighted by atomic mass is 15.2. The fourth-order valence-corrected chi connectivity index (χ4v) is 13.8. The van der Waals surface area contributed by atoms with E-state index in [2.05, 4.69) is 253 Å². The van der Waals surface area contributed by atoms with Crippen molar-refractivity contribution in [2.24, 2.45) is 5.92 Å². The van der Waals surface area contributed by atoms with E-state index in [4.69, 9.17) is 0 Å². The van der Waals surface area contributed by atoms with Crippen LogP contribution in [0.2, 0.25) is 0 Å². The number of aryl methyl sites for hydroxylation is 4. The molecule has 2 heteroatoms. The summed E-state index contributed by atoms with van der Waals surface area (Å²) in [4.78, 5) is 5.19. The van der Waals surface area contributed by atoms with Crippen LogP contribution in [0.5, 0.6) is 0 Å². The molecule has 0 aromatic heterocycles. The standard InChI is InChI=1S/C74H54N2.C5H8/c1-5-15-53-39-59(25-23-47(53)11-1)69-45-71(75(63-33-29-51-19-9-21-57(51)43-63)61-31-27-49-13-3-7-17-55(49)41-61)67-38-36-66-70(60-26-24-48-12-2-6-16-54(48)40-60)46-72(68-37-35-65(69)73(67)74(66)68)76(64-34-30-52-20-10-22-58(52)44-64)62-32-28-50-14-4-8-18-56(50)42-62;1-3-5-4-2/h1-8,11-18,23-27,29-46,50H,9-10,19-22,28H2;3-5H,1H2,2H3/b;5-4-. The highest BCUT2D eigenvalue weighted by Crippen LogP contribution is 2.53. The average Bonchev–Trinajstić information content (AvgIpc) is 3.87. The van der Waals surface area contributed by atoms with E-state index in [0.29, 0.717) is 5.92 Å². The number of anilines is 5. The molecule has 12 aromatic carbocycles. The Morgan fingerprint density at radius 3 is 1.48 bits per heavy atom. The summed E-state index contributed by atoms with van der Waals surface area (Å²) in [5.74, 6) is 0.383. The van der Waals surface area contributed by atoms with Crippen molar-refractivity contribution in [3.05, 3.63) is 295 Å². The number of fused-ring (bicyclic) bond motifs is 6. The minimum absolute atomic E-state index is 0.383. The Hall–Kier alpha value is -9.50. The zero-order valence-electron chi connectivity index (χ0n) is 45.9. The predicted molar refractivity (Wildman–Crippen MR) is 348 cm³/mol. The van der Waals surface area contributed by atoms with Crippen molar-refractivity contribution in [2.45, 2.75) is 51.9 Å². The molecule has 0 fully saturated rings. The second kappa shape index (κ2) is 20.3. The van der Waals surface area contributed by atoms with E-state index < -0.39 is 0 Å². The van der Waals surface area contributed by atoms with Gasteiger partial charge in [-0.25, -0.2) is 0 Å². The van der Waals surface area contributed by atoms with Crippen molar-refractivity contribution in [3.8, 4) is 22.3 Å². The van der Waals surface area contributed by atoms with E-state index in [1.807, 2.05) is 19.1 Å². The van der Waals surface area contributed by atoms with Gasteiger partial charge in [-0.15, -0.1) is 0 Å². The largest absolute Gasteiger partial charge is 0.310 e. The zero-order valence-corrected chi connectivity index (χ0v) is 45.9. The van der Waals surface area contributed by atoms with Gasteiger partial charge in [0.2, 0.25) is 0 Å². The first-order valence-electron chi connectivity index (χ1n) is 29.1. The van der Waals surface area contributed by atoms with Crippen molar-refractivity contribution in [2.75, 3.05) is 9.80 Å². The highest BCUT2D eigenvalue weighted by Gasteiger charge is 2.29. The first-order valence-corrected chi connectivity index (χ1v) is 29.1. The summed E-state index contributed by atoms with van der Waals surface area (Å²) in [6.07, 6.45) is 27.5. The minimum Gasteiger partial charge on any atom is -0.310 e. The van der Waals surface area contributed by atoms with Crippen LogP contribution in [-0.4, -0.2) is 0 Å². The Bertz CT molecular complexity index is 4670. The monoisotopic (exact) mass is 1040 g/mol. The molecule has 0 saturated heterocycles. The maximum absolute atomic E-state index is 3.46. The van der Waals surface area contributed by atoms with Gasteiger partial charge in [0.25, 0.3) is 0 Å². The molecule has 0 saturated carbocycles. The lowest BCUT2D eigenvalue weighted by Gasteiger charge is -2.33. The van der Waals surface area contributed by atoms with Gasteiger partial charge in [0.05, 0.1) is 11.4 Å². The molecule has 4 aliphatic carbocycles. The summed E-state index contributed by atoms with van der Waals surface area (Å²) >= 11 is 0. The summed E-state index contributed by atoms with van der Waals surface area (Å²) in [5.41, 5.74) is 19.3. The van der Waals surface area contributed by atoms with E-state index in [9.17, 15) is 0 Å². The molecule has 0 amide bonds. The summed E-state index contributed by atoms with van der Waals surface area (Å²) in [7, 11) is 0. The molecule has 0 N–H and O–H groups in total. The Balaban J connectivity index is 0.00000108. The van der Waals surface area contributed by atoms with Crippen molar-refractivity contribution in [3.63, 3.8) is 0 Å². The second-order valence-corrected chi connectivity index (χ2v) is 22.5. The van der Waals surface area contributed by atoms with Crippen LogP contribution in [0.15, 0.2) is 273 Å². The van der Waals surface area contributed by atoms with Crippen LogP contribution in [0, 0.1) is 5.92 Å². The van der Waals surface area contributed by atoms with Crippen LogP contribution >= 0.6 is 0 Å². The molecule has 0 aliphatic heterocycles. The molecule has 388 valence electrons. The normalized spacial score (nSPS) is 15.3. The van der Waals surface area contributed by atoms with E-state index in [1.54, 1.807) is 6.08 Å². The number of benzene rings is 12. The molecular formula is C79H62N2. The summed E-state index contributed by atoms with van der Waals surface area (Å²) in [5, 5.41) is 15.0. The van der Waals surface area contributed by atoms with Gasteiger partial charge in [-0.3, -0.25) is 0 Å². The number of allylic oxidation sites excluding steroid dienone is 10. The third-order valence-corrected chi connectivity index (χ3v) is 17.8. The van der Waals surface area contributed by atoms with Crippen LogP contribution in [0.1, 0.15) is 48.4 Å². The number of nitrogens with zero attached hydrogens (tertiary/aromatic N) is 2. The summed E-state index contributed by atoms with van der Waals surface area (Å²) in [6.45, 7) is 5.42. The maximum atomic E-state index is 3.46. The molecule has 1 unspecified atom stereocenters. The smallest absolute Gasteiger partial charge is 0.0546 e. The van der Waals surface area contributed by atoms with Crippen molar-refractivity contribution in [1.82, 2.24) is 0 Å². The highest BCUT2D eigenvalue weighted by molar-refractivity contribution is 6.32. The van der Waals surface area contributed by atoms with Gasteiger partial charge in [-0.1, -0.05) is 195 Å². The molecule has 12 aromatic rings. The molecule has 81 heavy (non-hydrogen) atoms. The molecule has 0 bridgehead atoms. The summed E-state index contributed by atoms with van der Waals surface area (Å²) < 4.78 is 0. The van der Waals surface area contributed by atoms with Crippen LogP contribution in [0.25, 0.3) is 86.9 Å². The van der Waals surface area contributed by atoms with Crippen molar-refractivity contribution >= 4 is 93.1 Å². The number of hydrogen-bond acceptors (Lipinski definition) is 2. The van der Waals surface area contributed by atoms with Gasteiger partial charge >= 0.3 is 0 Å². The Morgan fingerprint density at radius 2 is 0.926 bits per heavy atom. The first kappa shape index (κ1) is 48.6. The predicted octanol–water partition coefficient (Wildman–Crippen LogP) is 21.7. The van der Waals surface area contributed by atoms with Crippen molar-refractivity contribution in [1.29, 1.82) is 0 Å². The van der Waals surface area contributed by atoms with Gasteiger partial charge in [-0.2, -0.15) is 0 Å². The second-order valence-electron chi connectivity index (χ2n) is 22.5. The van der Waals surface area contributed by atoms with E-state index in [1.165, 1.54) is 156 Å². The van der Waals surface area contributed by atoms with Gasteiger partial charge < -0.3 is 9.80 Å². The fraction of sp³-hybridized carbons (Fsp3) is 0.114. The summed E-state index contributed by atoms with van der Waals surface area (Å²) in [6, 6.07) is 77.0. The molecule has 0 radical (unpaired) electrons. The van der Waals surface area contributed by atoms with E-state index >= 15 is 0 Å². The van der Waals surface area contributed by atoms with E-state index in [0.717, 1.165) is 37.8 Å². The minimum atomic E-state index is 0.383. The average molecular weight is 1040 g/mol. The molecule has 0 spiro atoms. The molecule has 16 rings (SSSR count). The Kier molecular flexibility index (Phi) is 12.2. The molecule has 2 nitrogen and oxygen atoms in total. The first-order chi connectivity index (χ1) is 40.0. The van der Waals surface area contributed by atoms with Gasteiger partial charge in [0, 0.05) is 50.2 Å². The quantitative estimate of drug-likeness (QED) is 0.105. The van der Waals surface area contributed by atoms with Gasteiger partial charge in [-0.05, 0) is 212 Å². The third kappa shape index (κ3) is 8.57. The molecule has 0 heterocycles. The molecule has 1 atom stereocenters. The van der Waals surface area contributed by atoms with Crippen LogP contribution in [0.4, 0.5) is 28.4 Å². The number of rotatable bonds is 9. The lowest BCUT2D eigenvalue weighted by atomic mass is 9.84. The topological polar surface area (TPSA) is 6.48 Å². The van der Waals surface area contributed by atoms with Gasteiger partial charge in [0.1, 0.15) is 0 Å². The molecular weight excluding hydrogens is 977 g/mol. The fourth-order valence-electron chi connectivity index (χ4n) is 13.8. The lowest BCUT2D eigenvalue weighted by molar-refractivity contribution is 0.768. The SMILES string of the molecule is C1=CC2=CC(N(c3ccc4c(c3)CCC4)c3cc(-c4ccc5ccccc5c4)c4ccc5c(N(c6ccc7c(c6)CCC7)c6ccc7ccccc7c6)cc(-c6ccc7ccccc7c6)c6ccc3c4c65)=CCC2C=C1.C=C/C=C\C.